The lowest BCUT2D eigenvalue weighted by molar-refractivity contribution is -0.137. The molecule has 4 rings (SSSR count). The zero-order valence-corrected chi connectivity index (χ0v) is 26.1. The first-order valence-electron chi connectivity index (χ1n) is 14.2. The van der Waals surface area contributed by atoms with Gasteiger partial charge in [0.25, 0.3) is 0 Å². The zero-order valence-electron chi connectivity index (χ0n) is 25.2. The van der Waals surface area contributed by atoms with Gasteiger partial charge in [0.1, 0.15) is 11.9 Å². The molecule has 0 fully saturated rings. The van der Waals surface area contributed by atoms with Crippen LogP contribution in [0.25, 0.3) is 5.57 Å². The van der Waals surface area contributed by atoms with Crippen LogP contribution in [-0.4, -0.2) is 34.7 Å². The highest BCUT2D eigenvalue weighted by Gasteiger charge is 2.39. The molecule has 1 aromatic heterocycles. The van der Waals surface area contributed by atoms with E-state index in [1.807, 2.05) is 19.9 Å². The standard InChI is InChI=1S/C27H31F4NO3.C4H10.CH4S/c1-14(2)24-23(25(34)17-6-5-16(11-18(17)28)27(29,30)31)21(15-7-9-35-10-8-15)22-19(32-24)12-26(3,4)13-20(22)33;1-3-4-2;1-2/h5-7,11,14,20,25,33-34H,8-10,12-13H2,1-4H3;3-4H2,1-2H3;2H,1H3. The number of aliphatic hydroxyl groups excluding tert-OH is 2. The molecule has 2 atom stereocenters. The van der Waals surface area contributed by atoms with Gasteiger partial charge in [0.2, 0.25) is 0 Å². The molecule has 2 heterocycles. The van der Waals surface area contributed by atoms with Crippen molar-refractivity contribution in [2.24, 2.45) is 5.41 Å². The van der Waals surface area contributed by atoms with E-state index in [1.54, 1.807) is 6.26 Å². The third kappa shape index (κ3) is 8.55. The Morgan fingerprint density at radius 1 is 1.15 bits per heavy atom. The molecule has 9 heteroatoms. The third-order valence-electron chi connectivity index (χ3n) is 7.33. The van der Waals surface area contributed by atoms with Crippen molar-refractivity contribution in [3.63, 3.8) is 0 Å². The Morgan fingerprint density at radius 3 is 2.27 bits per heavy atom. The number of rotatable bonds is 5. The minimum absolute atomic E-state index is 0.163. The molecule has 2 unspecified atom stereocenters. The van der Waals surface area contributed by atoms with Crippen LogP contribution in [0.5, 0.6) is 0 Å². The Kier molecular flexibility index (Phi) is 12.9. The Bertz CT molecular complexity index is 1190. The lowest BCUT2D eigenvalue weighted by atomic mass is 9.71. The second-order valence-corrected chi connectivity index (χ2v) is 11.6. The van der Waals surface area contributed by atoms with Crippen molar-refractivity contribution >= 4 is 18.2 Å². The first kappa shape index (κ1) is 35.3. The second-order valence-electron chi connectivity index (χ2n) is 11.6. The number of ether oxygens (including phenoxy) is 1. The molecule has 0 spiro atoms. The smallest absolute Gasteiger partial charge is 0.388 e. The SMILES string of the molecule is CC(C)c1nc2c(c(C3=CCOCC3)c1C(O)c1ccc(C(F)(F)F)cc1F)C(O)CC(C)(C)C2.CCCC.CS. The van der Waals surface area contributed by atoms with Crippen LogP contribution < -0.4 is 0 Å². The third-order valence-corrected chi connectivity index (χ3v) is 7.33. The highest BCUT2D eigenvalue weighted by Crippen LogP contribution is 2.48. The molecule has 0 bridgehead atoms. The van der Waals surface area contributed by atoms with Gasteiger partial charge in [-0.15, -0.1) is 0 Å². The summed E-state index contributed by atoms with van der Waals surface area (Å²) >= 11 is 3.53. The van der Waals surface area contributed by atoms with Crippen LogP contribution in [0.15, 0.2) is 24.3 Å². The van der Waals surface area contributed by atoms with Crippen molar-refractivity contribution in [1.82, 2.24) is 4.98 Å². The Morgan fingerprint density at radius 2 is 1.78 bits per heavy atom. The average molecular weight is 600 g/mol. The molecule has 1 aliphatic carbocycles. The number of nitrogens with zero attached hydrogens (tertiary/aromatic N) is 1. The summed E-state index contributed by atoms with van der Waals surface area (Å²) in [6, 6.07) is 2.16. The monoisotopic (exact) mass is 599 g/mol. The number of pyridine rings is 1. The largest absolute Gasteiger partial charge is 0.416 e. The Labute approximate surface area is 247 Å². The molecule has 0 saturated carbocycles. The highest BCUT2D eigenvalue weighted by molar-refractivity contribution is 7.79. The second kappa shape index (κ2) is 15.0. The van der Waals surface area contributed by atoms with Crippen LogP contribution >= 0.6 is 12.6 Å². The number of unbranched alkanes of at least 4 members (excludes halogenated alkanes) is 1. The van der Waals surface area contributed by atoms with E-state index in [0.29, 0.717) is 60.9 Å². The van der Waals surface area contributed by atoms with Crippen LogP contribution in [0.3, 0.4) is 0 Å². The zero-order chi connectivity index (χ0) is 31.1. The highest BCUT2D eigenvalue weighted by atomic mass is 32.1. The van der Waals surface area contributed by atoms with Gasteiger partial charge in [-0.1, -0.05) is 66.5 Å². The molecule has 41 heavy (non-hydrogen) atoms. The van der Waals surface area contributed by atoms with Crippen molar-refractivity contribution < 1.29 is 32.5 Å². The van der Waals surface area contributed by atoms with Crippen molar-refractivity contribution in [2.45, 2.75) is 97.9 Å². The van der Waals surface area contributed by atoms with Gasteiger partial charge in [-0.2, -0.15) is 25.8 Å². The molecule has 1 aliphatic heterocycles. The van der Waals surface area contributed by atoms with Gasteiger partial charge in [-0.25, -0.2) is 4.39 Å². The van der Waals surface area contributed by atoms with E-state index in [2.05, 4.69) is 40.3 Å². The van der Waals surface area contributed by atoms with E-state index < -0.39 is 29.8 Å². The fraction of sp³-hybridized carbons (Fsp3) is 0.594. The molecule has 0 saturated heterocycles. The number of halogens is 4. The van der Waals surface area contributed by atoms with Crippen LogP contribution in [0.4, 0.5) is 17.6 Å². The van der Waals surface area contributed by atoms with Crippen LogP contribution in [-0.2, 0) is 17.3 Å². The lowest BCUT2D eigenvalue weighted by Crippen LogP contribution is -2.30. The summed E-state index contributed by atoms with van der Waals surface area (Å²) in [6.45, 7) is 13.1. The number of alkyl halides is 3. The van der Waals surface area contributed by atoms with Gasteiger partial charge in [-0.05, 0) is 60.1 Å². The minimum Gasteiger partial charge on any atom is -0.388 e. The number of hydrogen-bond donors (Lipinski definition) is 3. The predicted octanol–water partition coefficient (Wildman–Crippen LogP) is 8.61. The van der Waals surface area contributed by atoms with Crippen molar-refractivity contribution in [2.75, 3.05) is 19.5 Å². The molecular formula is C32H45F4NO3S. The fourth-order valence-electron chi connectivity index (χ4n) is 5.23. The van der Waals surface area contributed by atoms with Gasteiger partial charge in [0.05, 0.1) is 24.9 Å². The minimum atomic E-state index is -4.70. The normalized spacial score (nSPS) is 18.8. The van der Waals surface area contributed by atoms with Gasteiger partial charge >= 0.3 is 6.18 Å². The fourth-order valence-corrected chi connectivity index (χ4v) is 5.23. The van der Waals surface area contributed by atoms with Crippen molar-refractivity contribution in [3.8, 4) is 0 Å². The van der Waals surface area contributed by atoms with E-state index >= 15 is 0 Å². The van der Waals surface area contributed by atoms with Gasteiger partial charge < -0.3 is 14.9 Å². The molecule has 0 amide bonds. The maximum absolute atomic E-state index is 15.0. The molecule has 2 aliphatic rings. The van der Waals surface area contributed by atoms with E-state index in [4.69, 9.17) is 9.72 Å². The molecule has 230 valence electrons. The molecule has 1 aromatic carbocycles. The van der Waals surface area contributed by atoms with Crippen LogP contribution in [0.2, 0.25) is 0 Å². The number of benzene rings is 1. The van der Waals surface area contributed by atoms with E-state index in [1.165, 1.54) is 12.8 Å². The molecule has 0 radical (unpaired) electrons. The molecule has 4 nitrogen and oxygen atoms in total. The number of aliphatic hydroxyl groups is 2. The summed E-state index contributed by atoms with van der Waals surface area (Å²) in [4.78, 5) is 4.87. The van der Waals surface area contributed by atoms with Crippen molar-refractivity contribution in [3.05, 3.63) is 69.3 Å². The molecule has 2 aromatic rings. The summed E-state index contributed by atoms with van der Waals surface area (Å²) in [7, 11) is 0. The van der Waals surface area contributed by atoms with E-state index in [0.717, 1.165) is 23.4 Å². The summed E-state index contributed by atoms with van der Waals surface area (Å²) in [5.74, 6) is -1.31. The summed E-state index contributed by atoms with van der Waals surface area (Å²) < 4.78 is 59.8. The van der Waals surface area contributed by atoms with Crippen molar-refractivity contribution in [1.29, 1.82) is 0 Å². The average Bonchev–Trinajstić information content (AvgIpc) is 2.92. The predicted molar refractivity (Wildman–Crippen MR) is 160 cm³/mol. The Hall–Kier alpha value is -1.94. The van der Waals surface area contributed by atoms with Gasteiger partial charge in [0.15, 0.2) is 0 Å². The van der Waals surface area contributed by atoms with E-state index in [-0.39, 0.29) is 16.9 Å². The summed E-state index contributed by atoms with van der Waals surface area (Å²) in [6.07, 6.45) is 0.757. The maximum atomic E-state index is 15.0. The number of aromatic nitrogens is 1. The van der Waals surface area contributed by atoms with Crippen LogP contribution in [0, 0.1) is 11.2 Å². The lowest BCUT2D eigenvalue weighted by Gasteiger charge is -2.38. The first-order chi connectivity index (χ1) is 19.2. The summed E-state index contributed by atoms with van der Waals surface area (Å²) in [5, 5.41) is 22.7. The summed E-state index contributed by atoms with van der Waals surface area (Å²) in [5.41, 5.74) is 2.15. The van der Waals surface area contributed by atoms with Gasteiger partial charge in [-0.3, -0.25) is 4.98 Å². The molecular weight excluding hydrogens is 554 g/mol. The first-order valence-corrected chi connectivity index (χ1v) is 15.1. The number of hydrogen-bond acceptors (Lipinski definition) is 5. The topological polar surface area (TPSA) is 62.6 Å². The molecule has 2 N–H and O–H groups in total. The number of fused-ring (bicyclic) bond motifs is 1. The quantitative estimate of drug-likeness (QED) is 0.238. The Balaban J connectivity index is 0.000000902. The van der Waals surface area contributed by atoms with Gasteiger partial charge in [0, 0.05) is 28.1 Å². The van der Waals surface area contributed by atoms with Crippen LogP contribution in [0.1, 0.15) is 125 Å². The maximum Gasteiger partial charge on any atom is 0.416 e. The van der Waals surface area contributed by atoms with E-state index in [9.17, 15) is 27.8 Å². The number of thiol groups is 1.